The SMILES string of the molecule is CCCC(CC)Nc1cc(F)c(C)cc1F. The number of hydrogen-bond acceptors (Lipinski definition) is 1. The normalized spacial score (nSPS) is 12.6. The van der Waals surface area contributed by atoms with E-state index in [-0.39, 0.29) is 23.4 Å². The Hall–Kier alpha value is -1.12. The van der Waals surface area contributed by atoms with Gasteiger partial charge in [-0.05, 0) is 31.4 Å². The molecule has 1 rings (SSSR count). The second-order valence-electron chi connectivity index (χ2n) is 4.12. The highest BCUT2D eigenvalue weighted by Crippen LogP contribution is 2.21. The van der Waals surface area contributed by atoms with E-state index in [1.165, 1.54) is 12.1 Å². The molecule has 90 valence electrons. The zero-order valence-corrected chi connectivity index (χ0v) is 10.1. The number of hydrogen-bond donors (Lipinski definition) is 1. The van der Waals surface area contributed by atoms with E-state index in [2.05, 4.69) is 12.2 Å². The minimum Gasteiger partial charge on any atom is -0.380 e. The van der Waals surface area contributed by atoms with Gasteiger partial charge in [-0.15, -0.1) is 0 Å². The zero-order chi connectivity index (χ0) is 12.1. The number of nitrogens with one attached hydrogen (secondary N) is 1. The maximum atomic E-state index is 13.5. The first kappa shape index (κ1) is 12.9. The highest BCUT2D eigenvalue weighted by molar-refractivity contribution is 5.47. The van der Waals surface area contributed by atoms with Gasteiger partial charge in [-0.3, -0.25) is 0 Å². The Morgan fingerprint density at radius 2 is 1.88 bits per heavy atom. The molecule has 0 saturated heterocycles. The fraction of sp³-hybridized carbons (Fsp3) is 0.538. The van der Waals surface area contributed by atoms with Crippen molar-refractivity contribution in [3.63, 3.8) is 0 Å². The fourth-order valence-corrected chi connectivity index (χ4v) is 1.70. The van der Waals surface area contributed by atoms with Crippen LogP contribution in [0, 0.1) is 18.6 Å². The summed E-state index contributed by atoms with van der Waals surface area (Å²) in [7, 11) is 0. The summed E-state index contributed by atoms with van der Waals surface area (Å²) in [5, 5.41) is 3.05. The summed E-state index contributed by atoms with van der Waals surface area (Å²) in [4.78, 5) is 0. The molecule has 0 spiro atoms. The average Bonchev–Trinajstić information content (AvgIpc) is 2.25. The molecule has 1 atom stereocenters. The molecule has 0 aliphatic rings. The van der Waals surface area contributed by atoms with Crippen molar-refractivity contribution in [3.8, 4) is 0 Å². The van der Waals surface area contributed by atoms with Gasteiger partial charge in [0, 0.05) is 12.1 Å². The van der Waals surface area contributed by atoms with Gasteiger partial charge in [0.25, 0.3) is 0 Å². The number of benzene rings is 1. The molecule has 1 aromatic rings. The second kappa shape index (κ2) is 5.83. The van der Waals surface area contributed by atoms with Gasteiger partial charge in [0.15, 0.2) is 0 Å². The third-order valence-electron chi connectivity index (χ3n) is 2.74. The van der Waals surface area contributed by atoms with Crippen LogP contribution in [0.15, 0.2) is 12.1 Å². The van der Waals surface area contributed by atoms with Gasteiger partial charge < -0.3 is 5.32 Å². The maximum Gasteiger partial charge on any atom is 0.146 e. The van der Waals surface area contributed by atoms with Crippen molar-refractivity contribution in [1.29, 1.82) is 0 Å². The molecular formula is C13H19F2N. The summed E-state index contributed by atoms with van der Waals surface area (Å²) >= 11 is 0. The summed E-state index contributed by atoms with van der Waals surface area (Å²) < 4.78 is 26.8. The highest BCUT2D eigenvalue weighted by atomic mass is 19.1. The number of rotatable bonds is 5. The molecule has 1 nitrogen and oxygen atoms in total. The molecule has 1 aromatic carbocycles. The smallest absolute Gasteiger partial charge is 0.146 e. The third kappa shape index (κ3) is 3.19. The van der Waals surface area contributed by atoms with Crippen LogP contribution >= 0.6 is 0 Å². The third-order valence-corrected chi connectivity index (χ3v) is 2.74. The number of anilines is 1. The lowest BCUT2D eigenvalue weighted by molar-refractivity contribution is 0.580. The Balaban J connectivity index is 2.83. The van der Waals surface area contributed by atoms with Gasteiger partial charge >= 0.3 is 0 Å². The monoisotopic (exact) mass is 227 g/mol. The summed E-state index contributed by atoms with van der Waals surface area (Å²) in [6.45, 7) is 5.68. The van der Waals surface area contributed by atoms with Gasteiger partial charge in [0.05, 0.1) is 5.69 Å². The van der Waals surface area contributed by atoms with E-state index in [4.69, 9.17) is 0 Å². The Morgan fingerprint density at radius 1 is 1.19 bits per heavy atom. The van der Waals surface area contributed by atoms with Gasteiger partial charge in [-0.25, -0.2) is 8.78 Å². The van der Waals surface area contributed by atoms with Gasteiger partial charge in [0.2, 0.25) is 0 Å². The molecule has 0 radical (unpaired) electrons. The molecular weight excluding hydrogens is 208 g/mol. The van der Waals surface area contributed by atoms with Crippen LogP contribution in [0.2, 0.25) is 0 Å². The van der Waals surface area contributed by atoms with E-state index < -0.39 is 0 Å². The van der Waals surface area contributed by atoms with Gasteiger partial charge in [0.1, 0.15) is 11.6 Å². The van der Waals surface area contributed by atoms with E-state index in [0.717, 1.165) is 19.3 Å². The van der Waals surface area contributed by atoms with Gasteiger partial charge in [-0.2, -0.15) is 0 Å². The van der Waals surface area contributed by atoms with Crippen LogP contribution in [0.1, 0.15) is 38.7 Å². The molecule has 0 aliphatic carbocycles. The minimum atomic E-state index is -0.381. The van der Waals surface area contributed by atoms with Crippen molar-refractivity contribution in [2.75, 3.05) is 5.32 Å². The molecule has 16 heavy (non-hydrogen) atoms. The van der Waals surface area contributed by atoms with Gasteiger partial charge in [-0.1, -0.05) is 20.3 Å². The topological polar surface area (TPSA) is 12.0 Å². The lowest BCUT2D eigenvalue weighted by Crippen LogP contribution is -2.19. The predicted molar refractivity (Wildman–Crippen MR) is 63.7 cm³/mol. The predicted octanol–water partition coefficient (Wildman–Crippen LogP) is 4.26. The Bertz CT molecular complexity index is 350. The van der Waals surface area contributed by atoms with E-state index in [0.29, 0.717) is 5.56 Å². The number of aryl methyl sites for hydroxylation is 1. The lowest BCUT2D eigenvalue weighted by Gasteiger charge is -2.18. The molecule has 0 saturated carbocycles. The van der Waals surface area contributed by atoms with Crippen molar-refractivity contribution in [2.24, 2.45) is 0 Å². The van der Waals surface area contributed by atoms with E-state index in [1.54, 1.807) is 6.92 Å². The Kier molecular flexibility index (Phi) is 4.71. The molecule has 0 heterocycles. The molecule has 3 heteroatoms. The number of halogens is 2. The van der Waals surface area contributed by atoms with Crippen molar-refractivity contribution < 1.29 is 8.78 Å². The lowest BCUT2D eigenvalue weighted by atomic mass is 10.1. The van der Waals surface area contributed by atoms with Crippen LogP contribution in [0.4, 0.5) is 14.5 Å². The second-order valence-corrected chi connectivity index (χ2v) is 4.12. The molecule has 0 bridgehead atoms. The molecule has 0 amide bonds. The van der Waals surface area contributed by atoms with Crippen LogP contribution in [0.3, 0.4) is 0 Å². The fourth-order valence-electron chi connectivity index (χ4n) is 1.70. The first-order valence-corrected chi connectivity index (χ1v) is 5.80. The van der Waals surface area contributed by atoms with Crippen LogP contribution in [0.5, 0.6) is 0 Å². The van der Waals surface area contributed by atoms with E-state index >= 15 is 0 Å². The van der Waals surface area contributed by atoms with E-state index in [1.807, 2.05) is 6.92 Å². The standard InChI is InChI=1S/C13H19F2N/c1-4-6-10(5-2)16-13-8-11(14)9(3)7-12(13)15/h7-8,10,16H,4-6H2,1-3H3. The molecule has 0 fully saturated rings. The van der Waals surface area contributed by atoms with Crippen LogP contribution in [0.25, 0.3) is 0 Å². The van der Waals surface area contributed by atoms with Crippen molar-refractivity contribution in [1.82, 2.24) is 0 Å². The maximum absolute atomic E-state index is 13.5. The summed E-state index contributed by atoms with van der Waals surface area (Å²) in [6.07, 6.45) is 2.90. The summed E-state index contributed by atoms with van der Waals surface area (Å²) in [5.74, 6) is -0.747. The molecule has 1 unspecified atom stereocenters. The van der Waals surface area contributed by atoms with Crippen LogP contribution in [-0.2, 0) is 0 Å². The average molecular weight is 227 g/mol. The molecule has 0 aromatic heterocycles. The zero-order valence-electron chi connectivity index (χ0n) is 10.1. The van der Waals surface area contributed by atoms with Crippen molar-refractivity contribution in [2.45, 2.75) is 46.1 Å². The van der Waals surface area contributed by atoms with Crippen molar-refractivity contribution in [3.05, 3.63) is 29.3 Å². The van der Waals surface area contributed by atoms with E-state index in [9.17, 15) is 8.78 Å². The summed E-state index contributed by atoms with van der Waals surface area (Å²) in [6, 6.07) is 2.68. The minimum absolute atomic E-state index is 0.210. The first-order valence-electron chi connectivity index (χ1n) is 5.80. The van der Waals surface area contributed by atoms with Crippen LogP contribution in [-0.4, -0.2) is 6.04 Å². The molecule has 1 N–H and O–H groups in total. The van der Waals surface area contributed by atoms with Crippen molar-refractivity contribution >= 4 is 5.69 Å². The Labute approximate surface area is 95.9 Å². The molecule has 0 aliphatic heterocycles. The first-order chi connectivity index (χ1) is 7.58. The summed E-state index contributed by atoms with van der Waals surface area (Å²) in [5.41, 5.74) is 0.606. The van der Waals surface area contributed by atoms with Crippen LogP contribution < -0.4 is 5.32 Å². The Morgan fingerprint density at radius 3 is 2.44 bits per heavy atom. The quantitative estimate of drug-likeness (QED) is 0.792. The highest BCUT2D eigenvalue weighted by Gasteiger charge is 2.11. The largest absolute Gasteiger partial charge is 0.380 e.